The minimum atomic E-state index is -3.72. The minimum Gasteiger partial charge on any atom is -0.507 e. The fraction of sp³-hybridized carbons (Fsp3) is 0.190. The molecule has 146 valence electrons. The van der Waals surface area contributed by atoms with E-state index in [1.165, 1.54) is 31.6 Å². The number of methoxy groups -OCH3 is 1. The number of rotatable bonds is 6. The van der Waals surface area contributed by atoms with Gasteiger partial charge in [-0.3, -0.25) is 0 Å². The maximum absolute atomic E-state index is 12.7. The number of esters is 1. The van der Waals surface area contributed by atoms with Gasteiger partial charge in [-0.25, -0.2) is 13.2 Å². The molecule has 1 heterocycles. The lowest BCUT2D eigenvalue weighted by atomic mass is 9.90. The Hall–Kier alpha value is -3.06. The molecule has 2 unspecified atom stereocenters. The summed E-state index contributed by atoms with van der Waals surface area (Å²) in [5, 5.41) is 10.8. The third kappa shape index (κ3) is 3.66. The molecular formula is C21H20O6S. The summed E-state index contributed by atoms with van der Waals surface area (Å²) in [6.07, 6.45) is 4.44. The predicted octanol–water partition coefficient (Wildman–Crippen LogP) is 3.33. The van der Waals surface area contributed by atoms with E-state index in [0.717, 1.165) is 0 Å². The Morgan fingerprint density at radius 3 is 2.61 bits per heavy atom. The number of sulfone groups is 1. The topological polar surface area (TPSA) is 89.9 Å². The van der Waals surface area contributed by atoms with Gasteiger partial charge in [-0.2, -0.15) is 0 Å². The smallest absolute Gasteiger partial charge is 0.341 e. The number of ether oxygens (including phenoxy) is 2. The van der Waals surface area contributed by atoms with Crippen molar-refractivity contribution in [1.82, 2.24) is 0 Å². The van der Waals surface area contributed by atoms with Crippen molar-refractivity contribution in [3.05, 3.63) is 84.1 Å². The normalized spacial score (nSPS) is 18.5. The summed E-state index contributed by atoms with van der Waals surface area (Å²) in [7, 11) is -2.54. The van der Waals surface area contributed by atoms with Crippen molar-refractivity contribution in [2.75, 3.05) is 7.11 Å². The first-order valence-corrected chi connectivity index (χ1v) is 10.2. The van der Waals surface area contributed by atoms with Gasteiger partial charge in [-0.1, -0.05) is 43.0 Å². The number of benzene rings is 2. The molecule has 0 amide bonds. The van der Waals surface area contributed by atoms with Crippen LogP contribution in [0.25, 0.3) is 0 Å². The van der Waals surface area contributed by atoms with E-state index in [2.05, 4.69) is 6.58 Å². The molecule has 0 radical (unpaired) electrons. The molecule has 2 aromatic carbocycles. The molecule has 1 aliphatic rings. The van der Waals surface area contributed by atoms with Crippen molar-refractivity contribution in [2.24, 2.45) is 0 Å². The maximum atomic E-state index is 12.7. The van der Waals surface area contributed by atoms with Crippen molar-refractivity contribution < 1.29 is 27.8 Å². The van der Waals surface area contributed by atoms with E-state index in [4.69, 9.17) is 9.47 Å². The summed E-state index contributed by atoms with van der Waals surface area (Å²) >= 11 is 0. The van der Waals surface area contributed by atoms with E-state index in [1.807, 2.05) is 0 Å². The Kier molecular flexibility index (Phi) is 5.56. The molecule has 28 heavy (non-hydrogen) atoms. The van der Waals surface area contributed by atoms with Crippen LogP contribution >= 0.6 is 0 Å². The molecule has 0 fully saturated rings. The van der Waals surface area contributed by atoms with Crippen LogP contribution < -0.4 is 0 Å². The van der Waals surface area contributed by atoms with E-state index in [9.17, 15) is 18.3 Å². The summed E-state index contributed by atoms with van der Waals surface area (Å²) in [5.74, 6) is -1.92. The largest absolute Gasteiger partial charge is 0.507 e. The number of phenolic OH excluding ortho intramolecular Hbond substituents is 1. The molecule has 0 aromatic heterocycles. The van der Waals surface area contributed by atoms with Crippen molar-refractivity contribution in [2.45, 2.75) is 22.7 Å². The van der Waals surface area contributed by atoms with Gasteiger partial charge in [0.25, 0.3) is 0 Å². The third-order valence-corrected chi connectivity index (χ3v) is 6.28. The third-order valence-electron chi connectivity index (χ3n) is 4.60. The van der Waals surface area contributed by atoms with Crippen LogP contribution in [0, 0.1) is 0 Å². The number of carbonyl (C=O) groups excluding carboxylic acids is 1. The molecule has 0 saturated carbocycles. The molecule has 1 N–H and O–H groups in total. The van der Waals surface area contributed by atoms with E-state index in [-0.39, 0.29) is 27.7 Å². The zero-order valence-electron chi connectivity index (χ0n) is 15.2. The second-order valence-electron chi connectivity index (χ2n) is 6.29. The van der Waals surface area contributed by atoms with Crippen LogP contribution in [0.1, 0.15) is 27.4 Å². The van der Waals surface area contributed by atoms with Crippen LogP contribution in [-0.2, 0) is 25.1 Å². The first-order valence-electron chi connectivity index (χ1n) is 8.54. The summed E-state index contributed by atoms with van der Waals surface area (Å²) in [4.78, 5) is 12.5. The Morgan fingerprint density at radius 2 is 1.96 bits per heavy atom. The van der Waals surface area contributed by atoms with Crippen LogP contribution in [-0.4, -0.2) is 32.7 Å². The fourth-order valence-corrected chi connectivity index (χ4v) is 4.57. The number of carbonyl (C=O) groups is 1. The van der Waals surface area contributed by atoms with Gasteiger partial charge in [0.2, 0.25) is 0 Å². The Morgan fingerprint density at radius 1 is 1.25 bits per heavy atom. The molecule has 2 aromatic rings. The monoisotopic (exact) mass is 400 g/mol. The molecule has 0 bridgehead atoms. The van der Waals surface area contributed by atoms with E-state index in [0.29, 0.717) is 5.56 Å². The van der Waals surface area contributed by atoms with Crippen molar-refractivity contribution in [3.8, 4) is 5.75 Å². The molecule has 3 rings (SSSR count). The number of hydrogen-bond donors (Lipinski definition) is 1. The highest BCUT2D eigenvalue weighted by molar-refractivity contribution is 7.90. The average Bonchev–Trinajstić information content (AvgIpc) is 3.16. The van der Waals surface area contributed by atoms with Gasteiger partial charge < -0.3 is 14.6 Å². The predicted molar refractivity (Wildman–Crippen MR) is 104 cm³/mol. The van der Waals surface area contributed by atoms with Crippen LogP contribution in [0.2, 0.25) is 0 Å². The fourth-order valence-electron chi connectivity index (χ4n) is 3.18. The number of hydrogen-bond acceptors (Lipinski definition) is 6. The van der Waals surface area contributed by atoms with Crippen LogP contribution in [0.5, 0.6) is 5.75 Å². The summed E-state index contributed by atoms with van der Waals surface area (Å²) in [5.41, 5.74) is 0.428. The molecule has 2 atom stereocenters. The van der Waals surface area contributed by atoms with Gasteiger partial charge in [0, 0.05) is 11.5 Å². The number of phenols is 1. The average molecular weight is 400 g/mol. The molecule has 0 spiro atoms. The van der Waals surface area contributed by atoms with E-state index in [1.54, 1.807) is 36.4 Å². The minimum absolute atomic E-state index is 0.133. The van der Waals surface area contributed by atoms with E-state index >= 15 is 0 Å². The molecule has 0 aliphatic carbocycles. The lowest BCUT2D eigenvalue weighted by Gasteiger charge is -2.19. The lowest BCUT2D eigenvalue weighted by molar-refractivity contribution is 0.0596. The molecule has 6 nitrogen and oxygen atoms in total. The van der Waals surface area contributed by atoms with Crippen molar-refractivity contribution in [1.29, 1.82) is 0 Å². The Balaban J connectivity index is 2.07. The van der Waals surface area contributed by atoms with Gasteiger partial charge in [0.15, 0.2) is 9.84 Å². The zero-order chi connectivity index (χ0) is 20.3. The molecular weight excluding hydrogens is 380 g/mol. The first kappa shape index (κ1) is 19.7. The van der Waals surface area contributed by atoms with Crippen LogP contribution in [0.15, 0.2) is 72.4 Å². The SMILES string of the molecule is C=CC1OC=CC1c1ccc(CS(=O)(=O)c2ccccc2)c(C(=O)OC)c1O. The maximum Gasteiger partial charge on any atom is 0.341 e. The second kappa shape index (κ2) is 7.90. The molecule has 0 saturated heterocycles. The quantitative estimate of drug-likeness (QED) is 0.591. The van der Waals surface area contributed by atoms with Crippen LogP contribution in [0.4, 0.5) is 0 Å². The van der Waals surface area contributed by atoms with Gasteiger partial charge in [-0.15, -0.1) is 0 Å². The van der Waals surface area contributed by atoms with Crippen LogP contribution in [0.3, 0.4) is 0 Å². The molecule has 7 heteroatoms. The van der Waals surface area contributed by atoms with Gasteiger partial charge in [-0.05, 0) is 23.8 Å². The zero-order valence-corrected chi connectivity index (χ0v) is 16.1. The lowest BCUT2D eigenvalue weighted by Crippen LogP contribution is -2.16. The van der Waals surface area contributed by atoms with Crippen molar-refractivity contribution >= 4 is 15.8 Å². The Bertz CT molecular complexity index is 1020. The highest BCUT2D eigenvalue weighted by atomic mass is 32.2. The second-order valence-corrected chi connectivity index (χ2v) is 8.28. The van der Waals surface area contributed by atoms with Gasteiger partial charge in [0.1, 0.15) is 17.4 Å². The summed E-state index contributed by atoms with van der Waals surface area (Å²) in [6, 6.07) is 11.0. The standard InChI is InChI=1S/C21H20O6S/c1-3-18-16(11-12-27-18)17-10-9-14(19(20(17)22)21(23)26-2)13-28(24,25)15-7-5-4-6-8-15/h3-12,16,18,22H,1,13H2,2H3. The Labute approximate surface area is 163 Å². The highest BCUT2D eigenvalue weighted by Crippen LogP contribution is 2.38. The molecule has 1 aliphatic heterocycles. The highest BCUT2D eigenvalue weighted by Gasteiger charge is 2.31. The van der Waals surface area contributed by atoms with Gasteiger partial charge in [0.05, 0.1) is 24.0 Å². The number of aromatic hydroxyl groups is 1. The first-order chi connectivity index (χ1) is 13.4. The summed E-state index contributed by atoms with van der Waals surface area (Å²) in [6.45, 7) is 3.70. The van der Waals surface area contributed by atoms with E-state index < -0.39 is 27.7 Å². The van der Waals surface area contributed by atoms with Crippen molar-refractivity contribution in [3.63, 3.8) is 0 Å². The van der Waals surface area contributed by atoms with Gasteiger partial charge >= 0.3 is 5.97 Å². The summed E-state index contributed by atoms with van der Waals surface area (Å²) < 4.78 is 35.7.